The van der Waals surface area contributed by atoms with Crippen molar-refractivity contribution < 1.29 is 19.3 Å². The first-order chi connectivity index (χ1) is 10.3. The molecule has 1 aliphatic rings. The molecule has 3 rings (SSSR count). The van der Waals surface area contributed by atoms with Gasteiger partial charge in [0.1, 0.15) is 11.5 Å². The summed E-state index contributed by atoms with van der Waals surface area (Å²) >= 11 is 0. The van der Waals surface area contributed by atoms with Gasteiger partial charge in [-0.15, -0.1) is 0 Å². The zero-order chi connectivity index (χ0) is 14.7. The van der Waals surface area contributed by atoms with Crippen LogP contribution in [0.2, 0.25) is 0 Å². The van der Waals surface area contributed by atoms with Crippen molar-refractivity contribution in [2.45, 2.75) is 6.54 Å². The van der Waals surface area contributed by atoms with Crippen molar-refractivity contribution in [2.24, 2.45) is 4.99 Å². The molecule has 0 radical (unpaired) electrons. The quantitative estimate of drug-likeness (QED) is 0.877. The number of fused-ring (bicyclic) bond motifs is 1. The van der Waals surface area contributed by atoms with Gasteiger partial charge in [-0.3, -0.25) is 4.99 Å². The molecule has 0 spiro atoms. The number of benzene rings is 2. The van der Waals surface area contributed by atoms with E-state index in [2.05, 4.69) is 4.99 Å². The number of phenols is 1. The van der Waals surface area contributed by atoms with Gasteiger partial charge in [0.25, 0.3) is 0 Å². The van der Waals surface area contributed by atoms with Crippen molar-refractivity contribution in [2.75, 3.05) is 13.9 Å². The van der Waals surface area contributed by atoms with Gasteiger partial charge < -0.3 is 19.3 Å². The third-order valence-corrected chi connectivity index (χ3v) is 3.18. The topological polar surface area (TPSA) is 60.3 Å². The van der Waals surface area contributed by atoms with Crippen LogP contribution in [0.3, 0.4) is 0 Å². The lowest BCUT2D eigenvalue weighted by Crippen LogP contribution is -1.92. The second kappa shape index (κ2) is 5.75. The van der Waals surface area contributed by atoms with Gasteiger partial charge >= 0.3 is 0 Å². The molecule has 0 amide bonds. The summed E-state index contributed by atoms with van der Waals surface area (Å²) in [7, 11) is 1.58. The Morgan fingerprint density at radius 2 is 2.05 bits per heavy atom. The fraction of sp³-hybridized carbons (Fsp3) is 0.188. The smallest absolute Gasteiger partial charge is 0.231 e. The van der Waals surface area contributed by atoms with Gasteiger partial charge in [0.2, 0.25) is 6.79 Å². The third kappa shape index (κ3) is 2.91. The predicted molar refractivity (Wildman–Crippen MR) is 78.5 cm³/mol. The molecule has 0 aliphatic carbocycles. The standard InChI is InChI=1S/C16H15NO4/c1-19-13-3-4-14(18)12(7-13)9-17-8-11-2-5-15-16(6-11)21-10-20-15/h2-7,9,18H,8,10H2,1H3. The van der Waals surface area contributed by atoms with Gasteiger partial charge in [-0.25, -0.2) is 0 Å². The molecule has 1 aliphatic heterocycles. The summed E-state index contributed by atoms with van der Waals surface area (Å²) in [4.78, 5) is 4.34. The lowest BCUT2D eigenvalue weighted by atomic mass is 10.2. The van der Waals surface area contributed by atoms with Crippen molar-refractivity contribution in [1.29, 1.82) is 0 Å². The van der Waals surface area contributed by atoms with Crippen LogP contribution in [0, 0.1) is 0 Å². The number of aliphatic imine (C=N–C) groups is 1. The number of methoxy groups -OCH3 is 1. The Hall–Kier alpha value is -2.69. The van der Waals surface area contributed by atoms with Crippen LogP contribution in [-0.2, 0) is 6.54 Å². The number of hydrogen-bond acceptors (Lipinski definition) is 5. The first-order valence-electron chi connectivity index (χ1n) is 6.51. The van der Waals surface area contributed by atoms with Crippen LogP contribution in [0.15, 0.2) is 41.4 Å². The highest BCUT2D eigenvalue weighted by molar-refractivity contribution is 5.84. The number of ether oxygens (including phenoxy) is 3. The molecular formula is C16H15NO4. The molecule has 1 heterocycles. The zero-order valence-corrected chi connectivity index (χ0v) is 11.6. The lowest BCUT2D eigenvalue weighted by Gasteiger charge is -2.03. The summed E-state index contributed by atoms with van der Waals surface area (Å²) < 4.78 is 15.7. The van der Waals surface area contributed by atoms with E-state index in [0.717, 1.165) is 17.1 Å². The third-order valence-electron chi connectivity index (χ3n) is 3.18. The Morgan fingerprint density at radius 3 is 2.90 bits per heavy atom. The average molecular weight is 285 g/mol. The van der Waals surface area contributed by atoms with E-state index in [-0.39, 0.29) is 12.5 Å². The highest BCUT2D eigenvalue weighted by Crippen LogP contribution is 2.32. The Morgan fingerprint density at radius 1 is 1.19 bits per heavy atom. The van der Waals surface area contributed by atoms with Crippen molar-refractivity contribution >= 4 is 6.21 Å². The van der Waals surface area contributed by atoms with E-state index in [1.807, 2.05) is 18.2 Å². The van der Waals surface area contributed by atoms with E-state index in [1.54, 1.807) is 31.5 Å². The second-order valence-electron chi connectivity index (χ2n) is 4.58. The highest BCUT2D eigenvalue weighted by Gasteiger charge is 2.12. The molecule has 2 aromatic carbocycles. The van der Waals surface area contributed by atoms with Crippen molar-refractivity contribution in [3.63, 3.8) is 0 Å². The summed E-state index contributed by atoms with van der Waals surface area (Å²) in [5.74, 6) is 2.35. The molecule has 108 valence electrons. The zero-order valence-electron chi connectivity index (χ0n) is 11.6. The van der Waals surface area contributed by atoms with Crippen molar-refractivity contribution in [1.82, 2.24) is 0 Å². The average Bonchev–Trinajstić information content (AvgIpc) is 2.97. The van der Waals surface area contributed by atoms with E-state index in [0.29, 0.717) is 17.9 Å². The lowest BCUT2D eigenvalue weighted by molar-refractivity contribution is 0.174. The van der Waals surface area contributed by atoms with E-state index in [9.17, 15) is 5.11 Å². The highest BCUT2D eigenvalue weighted by atomic mass is 16.7. The number of rotatable bonds is 4. The maximum atomic E-state index is 9.77. The van der Waals surface area contributed by atoms with Crippen molar-refractivity contribution in [3.05, 3.63) is 47.5 Å². The van der Waals surface area contributed by atoms with Crippen LogP contribution in [0.5, 0.6) is 23.0 Å². The van der Waals surface area contributed by atoms with E-state index >= 15 is 0 Å². The van der Waals surface area contributed by atoms with Crippen LogP contribution >= 0.6 is 0 Å². The normalized spacial score (nSPS) is 12.8. The summed E-state index contributed by atoms with van der Waals surface area (Å²) in [6.07, 6.45) is 1.63. The molecule has 0 saturated heterocycles. The number of aromatic hydroxyl groups is 1. The molecule has 5 heteroatoms. The molecule has 0 bridgehead atoms. The molecule has 0 fully saturated rings. The van der Waals surface area contributed by atoms with E-state index < -0.39 is 0 Å². The van der Waals surface area contributed by atoms with Gasteiger partial charge in [-0.1, -0.05) is 6.07 Å². The molecule has 1 N–H and O–H groups in total. The maximum absolute atomic E-state index is 9.77. The minimum atomic E-state index is 0.172. The first kappa shape index (κ1) is 13.3. The summed E-state index contributed by atoms with van der Waals surface area (Å²) in [6.45, 7) is 0.757. The maximum Gasteiger partial charge on any atom is 0.231 e. The number of nitrogens with zero attached hydrogens (tertiary/aromatic N) is 1. The summed E-state index contributed by atoms with van der Waals surface area (Å²) in [6, 6.07) is 10.7. The van der Waals surface area contributed by atoms with Crippen LogP contribution < -0.4 is 14.2 Å². The molecular weight excluding hydrogens is 270 g/mol. The molecule has 0 saturated carbocycles. The Bertz CT molecular complexity index is 682. The van der Waals surface area contributed by atoms with Gasteiger partial charge in [0.05, 0.1) is 13.7 Å². The SMILES string of the molecule is COc1ccc(O)c(C=NCc2ccc3c(c2)OCO3)c1. The molecule has 0 atom stereocenters. The van der Waals surface area contributed by atoms with Crippen LogP contribution in [0.4, 0.5) is 0 Å². The first-order valence-corrected chi connectivity index (χ1v) is 6.51. The molecule has 5 nitrogen and oxygen atoms in total. The number of hydrogen-bond donors (Lipinski definition) is 1. The summed E-state index contributed by atoms with van der Waals surface area (Å²) in [5, 5.41) is 9.77. The van der Waals surface area contributed by atoms with Gasteiger partial charge in [-0.05, 0) is 35.9 Å². The monoisotopic (exact) mass is 285 g/mol. The molecule has 21 heavy (non-hydrogen) atoms. The minimum Gasteiger partial charge on any atom is -0.507 e. The predicted octanol–water partition coefficient (Wildman–Crippen LogP) is 2.75. The van der Waals surface area contributed by atoms with E-state index in [1.165, 1.54) is 0 Å². The molecule has 0 aromatic heterocycles. The molecule has 2 aromatic rings. The van der Waals surface area contributed by atoms with Gasteiger partial charge in [0.15, 0.2) is 11.5 Å². The fourth-order valence-corrected chi connectivity index (χ4v) is 2.05. The van der Waals surface area contributed by atoms with Gasteiger partial charge in [-0.2, -0.15) is 0 Å². The Balaban J connectivity index is 1.72. The minimum absolute atomic E-state index is 0.172. The largest absolute Gasteiger partial charge is 0.507 e. The summed E-state index contributed by atoms with van der Waals surface area (Å²) in [5.41, 5.74) is 1.63. The fourth-order valence-electron chi connectivity index (χ4n) is 2.05. The Labute approximate surface area is 122 Å². The second-order valence-corrected chi connectivity index (χ2v) is 4.58. The molecule has 0 unspecified atom stereocenters. The van der Waals surface area contributed by atoms with Crippen LogP contribution in [0.1, 0.15) is 11.1 Å². The van der Waals surface area contributed by atoms with Crippen molar-refractivity contribution in [3.8, 4) is 23.0 Å². The van der Waals surface area contributed by atoms with Crippen LogP contribution in [-0.4, -0.2) is 25.2 Å². The van der Waals surface area contributed by atoms with Crippen LogP contribution in [0.25, 0.3) is 0 Å². The number of phenolic OH excluding ortho intramolecular Hbond substituents is 1. The Kier molecular flexibility index (Phi) is 3.64. The van der Waals surface area contributed by atoms with E-state index in [4.69, 9.17) is 14.2 Å². The van der Waals surface area contributed by atoms with Gasteiger partial charge in [0, 0.05) is 11.8 Å².